The molecule has 10 heteroatoms. The molecule has 0 saturated carbocycles. The Morgan fingerprint density at radius 1 is 1.53 bits per heavy atom. The lowest BCUT2D eigenvalue weighted by Gasteiger charge is -2.17. The standard InChI is InChI=1S/C9H11FN4O5/c1-3(11)6(15)12-5(8(17)18)14-2-4(10)7(16)13-9(14)19/h2-3,5H,11H2,1H3,(H,12,15)(H,17,18)(H,13,16,19)/t3-,5?/m0/s1. The summed E-state index contributed by atoms with van der Waals surface area (Å²) < 4.78 is 13.4. The van der Waals surface area contributed by atoms with Gasteiger partial charge in [0.15, 0.2) is 0 Å². The van der Waals surface area contributed by atoms with Gasteiger partial charge >= 0.3 is 11.7 Å². The molecular formula is C9H11FN4O5. The lowest BCUT2D eigenvalue weighted by molar-refractivity contribution is -0.144. The predicted octanol–water partition coefficient (Wildman–Crippen LogP) is -2.28. The van der Waals surface area contributed by atoms with E-state index in [0.717, 1.165) is 0 Å². The first-order valence-electron chi connectivity index (χ1n) is 5.03. The number of carboxylic acids is 1. The molecule has 5 N–H and O–H groups in total. The van der Waals surface area contributed by atoms with Crippen molar-refractivity contribution in [1.29, 1.82) is 0 Å². The maximum Gasteiger partial charge on any atom is 0.347 e. The number of aliphatic carboxylic acids is 1. The number of halogens is 1. The Bertz CT molecular complexity index is 620. The van der Waals surface area contributed by atoms with Crippen molar-refractivity contribution in [3.8, 4) is 0 Å². The molecule has 9 nitrogen and oxygen atoms in total. The van der Waals surface area contributed by atoms with E-state index in [4.69, 9.17) is 10.8 Å². The summed E-state index contributed by atoms with van der Waals surface area (Å²) in [4.78, 5) is 46.1. The Balaban J connectivity index is 3.25. The van der Waals surface area contributed by atoms with Crippen LogP contribution in [0, 0.1) is 5.82 Å². The summed E-state index contributed by atoms with van der Waals surface area (Å²) in [5.74, 6) is -3.84. The molecule has 0 aliphatic heterocycles. The average Bonchev–Trinajstić information content (AvgIpc) is 2.30. The van der Waals surface area contributed by atoms with Crippen LogP contribution in [-0.4, -0.2) is 32.6 Å². The molecule has 104 valence electrons. The third kappa shape index (κ3) is 3.25. The van der Waals surface area contributed by atoms with Crippen molar-refractivity contribution in [3.63, 3.8) is 0 Å². The Labute approximate surface area is 104 Å². The molecule has 0 bridgehead atoms. The molecule has 1 rings (SSSR count). The Hall–Kier alpha value is -2.49. The van der Waals surface area contributed by atoms with Crippen molar-refractivity contribution in [1.82, 2.24) is 14.9 Å². The van der Waals surface area contributed by atoms with Gasteiger partial charge in [-0.15, -0.1) is 0 Å². The van der Waals surface area contributed by atoms with Crippen LogP contribution in [0.1, 0.15) is 13.1 Å². The minimum absolute atomic E-state index is 0.333. The zero-order chi connectivity index (χ0) is 14.7. The van der Waals surface area contributed by atoms with Crippen LogP contribution in [0.4, 0.5) is 4.39 Å². The predicted molar refractivity (Wildman–Crippen MR) is 59.7 cm³/mol. The van der Waals surface area contributed by atoms with Crippen molar-refractivity contribution in [2.45, 2.75) is 19.1 Å². The van der Waals surface area contributed by atoms with E-state index in [9.17, 15) is 23.6 Å². The topological polar surface area (TPSA) is 147 Å². The van der Waals surface area contributed by atoms with Crippen LogP contribution in [0.5, 0.6) is 0 Å². The minimum Gasteiger partial charge on any atom is -0.478 e. The number of rotatable bonds is 4. The number of nitrogens with two attached hydrogens (primary N) is 1. The molecule has 1 aromatic rings. The second kappa shape index (κ2) is 5.44. The normalized spacial score (nSPS) is 13.6. The molecule has 1 unspecified atom stereocenters. The van der Waals surface area contributed by atoms with Crippen molar-refractivity contribution in [2.75, 3.05) is 0 Å². The smallest absolute Gasteiger partial charge is 0.347 e. The van der Waals surface area contributed by atoms with Crippen molar-refractivity contribution < 1.29 is 19.1 Å². The number of H-pyrrole nitrogens is 1. The molecule has 1 amide bonds. The molecule has 1 aromatic heterocycles. The van der Waals surface area contributed by atoms with E-state index in [1.54, 1.807) is 4.98 Å². The summed E-state index contributed by atoms with van der Waals surface area (Å²) in [6.07, 6.45) is -1.49. The van der Waals surface area contributed by atoms with E-state index in [1.165, 1.54) is 6.92 Å². The first-order chi connectivity index (χ1) is 8.73. The van der Waals surface area contributed by atoms with E-state index in [1.807, 2.05) is 5.32 Å². The molecule has 0 aliphatic rings. The molecule has 0 radical (unpaired) electrons. The van der Waals surface area contributed by atoms with Crippen LogP contribution in [-0.2, 0) is 9.59 Å². The van der Waals surface area contributed by atoms with Crippen molar-refractivity contribution in [2.24, 2.45) is 5.73 Å². The third-order valence-electron chi connectivity index (χ3n) is 2.13. The monoisotopic (exact) mass is 274 g/mol. The maximum atomic E-state index is 13.0. The van der Waals surface area contributed by atoms with Gasteiger partial charge < -0.3 is 16.2 Å². The highest BCUT2D eigenvalue weighted by Gasteiger charge is 2.25. The number of carboxylic acid groups (broad SMARTS) is 1. The zero-order valence-electron chi connectivity index (χ0n) is 9.71. The number of aromatic amines is 1. The molecule has 19 heavy (non-hydrogen) atoms. The van der Waals surface area contributed by atoms with Gasteiger partial charge in [0, 0.05) is 0 Å². The van der Waals surface area contributed by atoms with E-state index in [-0.39, 0.29) is 0 Å². The van der Waals surface area contributed by atoms with Gasteiger partial charge in [0.25, 0.3) is 5.56 Å². The van der Waals surface area contributed by atoms with Gasteiger partial charge in [-0.2, -0.15) is 4.39 Å². The van der Waals surface area contributed by atoms with E-state index >= 15 is 0 Å². The largest absolute Gasteiger partial charge is 0.478 e. The lowest BCUT2D eigenvalue weighted by Crippen LogP contribution is -2.48. The Morgan fingerprint density at radius 3 is 2.58 bits per heavy atom. The lowest BCUT2D eigenvalue weighted by atomic mass is 10.3. The van der Waals surface area contributed by atoms with Gasteiger partial charge in [-0.1, -0.05) is 0 Å². The Kier molecular flexibility index (Phi) is 4.17. The molecule has 0 aliphatic carbocycles. The molecule has 0 saturated heterocycles. The quantitative estimate of drug-likeness (QED) is 0.486. The molecular weight excluding hydrogens is 263 g/mol. The van der Waals surface area contributed by atoms with E-state index < -0.39 is 41.2 Å². The first kappa shape index (κ1) is 14.6. The summed E-state index contributed by atoms with van der Waals surface area (Å²) in [6, 6.07) is -1.02. The van der Waals surface area contributed by atoms with Crippen LogP contribution in [0.25, 0.3) is 0 Å². The first-order valence-corrected chi connectivity index (χ1v) is 5.03. The van der Waals surface area contributed by atoms with Gasteiger partial charge in [-0.3, -0.25) is 19.1 Å². The van der Waals surface area contributed by atoms with Crippen molar-refractivity contribution in [3.05, 3.63) is 32.9 Å². The average molecular weight is 274 g/mol. The highest BCUT2D eigenvalue weighted by atomic mass is 19.1. The van der Waals surface area contributed by atoms with Crippen molar-refractivity contribution >= 4 is 11.9 Å². The third-order valence-corrected chi connectivity index (χ3v) is 2.13. The highest BCUT2D eigenvalue weighted by Crippen LogP contribution is 2.00. The number of hydrogen-bond donors (Lipinski definition) is 4. The number of nitrogens with zero attached hydrogens (tertiary/aromatic N) is 1. The number of carbonyl (C=O) groups excluding carboxylic acids is 1. The second-order valence-corrected chi connectivity index (χ2v) is 3.68. The number of aromatic nitrogens is 2. The molecule has 2 atom stereocenters. The van der Waals surface area contributed by atoms with Crippen LogP contribution < -0.4 is 22.3 Å². The van der Waals surface area contributed by atoms with Gasteiger partial charge in [0.05, 0.1) is 12.2 Å². The number of carbonyl (C=O) groups is 2. The summed E-state index contributed by atoms with van der Waals surface area (Å²) >= 11 is 0. The fourth-order valence-corrected chi connectivity index (χ4v) is 1.17. The fraction of sp³-hybridized carbons (Fsp3) is 0.333. The van der Waals surface area contributed by atoms with E-state index in [0.29, 0.717) is 10.8 Å². The van der Waals surface area contributed by atoms with Gasteiger partial charge in [-0.05, 0) is 6.92 Å². The van der Waals surface area contributed by atoms with Gasteiger partial charge in [0.1, 0.15) is 0 Å². The number of amides is 1. The molecule has 0 spiro atoms. The Morgan fingerprint density at radius 2 is 2.11 bits per heavy atom. The summed E-state index contributed by atoms with van der Waals surface area (Å²) in [5.41, 5.74) is 2.77. The molecule has 0 fully saturated rings. The van der Waals surface area contributed by atoms with Crippen LogP contribution >= 0.6 is 0 Å². The van der Waals surface area contributed by atoms with E-state index in [2.05, 4.69) is 0 Å². The highest BCUT2D eigenvalue weighted by molar-refractivity contribution is 5.85. The minimum atomic E-state index is -1.88. The number of hydrogen-bond acceptors (Lipinski definition) is 5. The maximum absolute atomic E-state index is 13.0. The summed E-state index contributed by atoms with van der Waals surface area (Å²) in [7, 11) is 0. The molecule has 0 aromatic carbocycles. The summed E-state index contributed by atoms with van der Waals surface area (Å²) in [5, 5.41) is 10.8. The van der Waals surface area contributed by atoms with Crippen LogP contribution in [0.2, 0.25) is 0 Å². The van der Waals surface area contributed by atoms with Gasteiger partial charge in [-0.25, -0.2) is 9.59 Å². The zero-order valence-corrected chi connectivity index (χ0v) is 9.71. The van der Waals surface area contributed by atoms with Crippen LogP contribution in [0.15, 0.2) is 15.8 Å². The van der Waals surface area contributed by atoms with Crippen LogP contribution in [0.3, 0.4) is 0 Å². The summed E-state index contributed by atoms with van der Waals surface area (Å²) in [6.45, 7) is 1.30. The van der Waals surface area contributed by atoms with Gasteiger partial charge in [0.2, 0.25) is 17.9 Å². The number of nitrogens with one attached hydrogen (secondary N) is 2. The SMILES string of the molecule is C[C@H](N)C(=O)NC(C(=O)O)n1cc(F)c(=O)[nH]c1=O. The molecule has 1 heterocycles. The second-order valence-electron chi connectivity index (χ2n) is 3.68. The fourth-order valence-electron chi connectivity index (χ4n) is 1.17.